The van der Waals surface area contributed by atoms with Crippen molar-refractivity contribution in [3.8, 4) is 11.5 Å². The van der Waals surface area contributed by atoms with E-state index in [1.807, 2.05) is 18.2 Å². The number of amides is 1. The fourth-order valence-electron chi connectivity index (χ4n) is 3.03. The molecule has 1 N–H and O–H groups in total. The Morgan fingerprint density at radius 1 is 1.12 bits per heavy atom. The van der Waals surface area contributed by atoms with Crippen LogP contribution in [0.2, 0.25) is 0 Å². The summed E-state index contributed by atoms with van der Waals surface area (Å²) in [4.78, 5) is 22.7. The predicted octanol–water partition coefficient (Wildman–Crippen LogP) is 3.50. The molecule has 0 saturated carbocycles. The molecule has 0 heterocycles. The molecule has 0 aliphatic heterocycles. The largest absolute Gasteiger partial charge is 0.496 e. The van der Waals surface area contributed by atoms with Crippen molar-refractivity contribution < 1.29 is 19.2 Å². The topological polar surface area (TPSA) is 90.7 Å². The molecule has 0 spiro atoms. The van der Waals surface area contributed by atoms with Crippen molar-refractivity contribution in [2.45, 2.75) is 25.7 Å². The fraction of sp³-hybridized carbons (Fsp3) is 0.316. The summed E-state index contributed by atoms with van der Waals surface area (Å²) in [6.07, 6.45) is 4.47. The van der Waals surface area contributed by atoms with E-state index in [1.165, 1.54) is 36.8 Å². The van der Waals surface area contributed by atoms with Crippen LogP contribution < -0.4 is 14.8 Å². The Kier molecular flexibility index (Phi) is 5.36. The average Bonchev–Trinajstić information content (AvgIpc) is 2.66. The zero-order valence-electron chi connectivity index (χ0n) is 14.5. The molecule has 3 rings (SSSR count). The highest BCUT2D eigenvalue weighted by Gasteiger charge is 2.17. The number of carbonyl (C=O) groups is 1. The molecule has 0 fully saturated rings. The standard InChI is InChI=1S/C19H20N2O5/c1-25-15-8-9-17(18(11-15)21(23)24)20-19(22)12-26-16-7-6-13-4-2-3-5-14(13)10-16/h6-11H,2-5,12H2,1H3,(H,20,22). The van der Waals surface area contributed by atoms with Crippen molar-refractivity contribution >= 4 is 17.3 Å². The van der Waals surface area contributed by atoms with Gasteiger partial charge in [-0.1, -0.05) is 6.07 Å². The minimum atomic E-state index is -0.567. The lowest BCUT2D eigenvalue weighted by atomic mass is 9.92. The summed E-state index contributed by atoms with van der Waals surface area (Å²) in [7, 11) is 1.42. The van der Waals surface area contributed by atoms with Crippen LogP contribution in [0.1, 0.15) is 24.0 Å². The molecule has 0 bridgehead atoms. The molecule has 26 heavy (non-hydrogen) atoms. The lowest BCUT2D eigenvalue weighted by Crippen LogP contribution is -2.21. The van der Waals surface area contributed by atoms with Crippen LogP contribution in [0, 0.1) is 10.1 Å². The Bertz CT molecular complexity index is 835. The Labute approximate surface area is 151 Å². The highest BCUT2D eigenvalue weighted by atomic mass is 16.6. The van der Waals surface area contributed by atoms with E-state index < -0.39 is 10.8 Å². The molecule has 1 amide bonds. The van der Waals surface area contributed by atoms with Gasteiger partial charge >= 0.3 is 0 Å². The van der Waals surface area contributed by atoms with Crippen molar-refractivity contribution in [3.63, 3.8) is 0 Å². The molecule has 0 atom stereocenters. The van der Waals surface area contributed by atoms with Gasteiger partial charge in [0.05, 0.1) is 18.1 Å². The monoisotopic (exact) mass is 356 g/mol. The van der Waals surface area contributed by atoms with Crippen LogP contribution in [0.3, 0.4) is 0 Å². The van der Waals surface area contributed by atoms with Gasteiger partial charge in [-0.25, -0.2) is 0 Å². The van der Waals surface area contributed by atoms with Gasteiger partial charge in [0.1, 0.15) is 17.2 Å². The third-order valence-corrected chi connectivity index (χ3v) is 4.37. The van der Waals surface area contributed by atoms with E-state index in [9.17, 15) is 14.9 Å². The Morgan fingerprint density at radius 3 is 2.58 bits per heavy atom. The summed E-state index contributed by atoms with van der Waals surface area (Å²) in [5, 5.41) is 13.7. The third kappa shape index (κ3) is 4.11. The smallest absolute Gasteiger partial charge is 0.296 e. The second-order valence-electron chi connectivity index (χ2n) is 6.11. The average molecular weight is 356 g/mol. The number of hydrogen-bond acceptors (Lipinski definition) is 5. The van der Waals surface area contributed by atoms with Crippen molar-refractivity contribution in [1.29, 1.82) is 0 Å². The second kappa shape index (κ2) is 7.86. The van der Waals surface area contributed by atoms with Crippen LogP contribution in [0.4, 0.5) is 11.4 Å². The maximum Gasteiger partial charge on any atom is 0.296 e. The number of benzene rings is 2. The number of nitrogens with one attached hydrogen (secondary N) is 1. The summed E-state index contributed by atoms with van der Waals surface area (Å²) >= 11 is 0. The highest BCUT2D eigenvalue weighted by Crippen LogP contribution is 2.29. The van der Waals surface area contributed by atoms with Crippen molar-refractivity contribution in [1.82, 2.24) is 0 Å². The van der Waals surface area contributed by atoms with E-state index in [4.69, 9.17) is 9.47 Å². The molecule has 0 radical (unpaired) electrons. The molecular weight excluding hydrogens is 336 g/mol. The number of ether oxygens (including phenoxy) is 2. The normalized spacial score (nSPS) is 12.8. The van der Waals surface area contributed by atoms with E-state index >= 15 is 0 Å². The molecule has 7 heteroatoms. The first-order chi connectivity index (χ1) is 12.6. The Balaban J connectivity index is 1.63. The molecule has 0 saturated heterocycles. The molecule has 1 aliphatic rings. The van der Waals surface area contributed by atoms with E-state index in [1.54, 1.807) is 6.07 Å². The molecule has 0 unspecified atom stereocenters. The maximum atomic E-state index is 12.1. The van der Waals surface area contributed by atoms with Gasteiger partial charge in [0.25, 0.3) is 11.6 Å². The van der Waals surface area contributed by atoms with Crippen LogP contribution in [-0.2, 0) is 17.6 Å². The lowest BCUT2D eigenvalue weighted by Gasteiger charge is -2.16. The Hall–Kier alpha value is -3.09. The minimum absolute atomic E-state index is 0.106. The zero-order valence-corrected chi connectivity index (χ0v) is 14.5. The lowest BCUT2D eigenvalue weighted by molar-refractivity contribution is -0.384. The molecular formula is C19H20N2O5. The number of nitro benzene ring substituents is 1. The number of rotatable bonds is 6. The third-order valence-electron chi connectivity index (χ3n) is 4.37. The Morgan fingerprint density at radius 2 is 1.85 bits per heavy atom. The van der Waals surface area contributed by atoms with E-state index in [0.717, 1.165) is 19.3 Å². The summed E-state index contributed by atoms with van der Waals surface area (Å²) in [6, 6.07) is 10.1. The van der Waals surface area contributed by atoms with Gasteiger partial charge in [0.15, 0.2) is 6.61 Å². The second-order valence-corrected chi connectivity index (χ2v) is 6.11. The van der Waals surface area contributed by atoms with E-state index in [2.05, 4.69) is 5.32 Å². The summed E-state index contributed by atoms with van der Waals surface area (Å²) in [6.45, 7) is -0.220. The molecule has 1 aliphatic carbocycles. The predicted molar refractivity (Wildman–Crippen MR) is 96.9 cm³/mol. The van der Waals surface area contributed by atoms with Gasteiger partial charge in [-0.2, -0.15) is 0 Å². The van der Waals surface area contributed by atoms with Gasteiger partial charge in [0, 0.05) is 0 Å². The number of anilines is 1. The van der Waals surface area contributed by atoms with Crippen LogP contribution in [0.15, 0.2) is 36.4 Å². The van der Waals surface area contributed by atoms with Gasteiger partial charge < -0.3 is 14.8 Å². The number of carbonyl (C=O) groups excluding carboxylic acids is 1. The van der Waals surface area contributed by atoms with Crippen LogP contribution >= 0.6 is 0 Å². The van der Waals surface area contributed by atoms with Gasteiger partial charge in [-0.3, -0.25) is 14.9 Å². The number of nitro groups is 1. The van der Waals surface area contributed by atoms with Crippen molar-refractivity contribution in [2.75, 3.05) is 19.0 Å². The van der Waals surface area contributed by atoms with E-state index in [0.29, 0.717) is 11.5 Å². The van der Waals surface area contributed by atoms with Crippen LogP contribution in [0.25, 0.3) is 0 Å². The maximum absolute atomic E-state index is 12.1. The van der Waals surface area contributed by atoms with E-state index in [-0.39, 0.29) is 18.0 Å². The van der Waals surface area contributed by atoms with Gasteiger partial charge in [-0.15, -0.1) is 0 Å². The molecule has 136 valence electrons. The summed E-state index contributed by atoms with van der Waals surface area (Å²) in [5.41, 5.74) is 2.48. The number of nitrogens with zero attached hydrogens (tertiary/aromatic N) is 1. The molecule has 2 aromatic carbocycles. The number of aryl methyl sites for hydroxylation is 2. The number of hydrogen-bond donors (Lipinski definition) is 1. The highest BCUT2D eigenvalue weighted by molar-refractivity contribution is 5.94. The SMILES string of the molecule is COc1ccc(NC(=O)COc2ccc3c(c2)CCCC3)c([N+](=O)[O-])c1. The van der Waals surface area contributed by atoms with Crippen LogP contribution in [-0.4, -0.2) is 24.5 Å². The summed E-state index contributed by atoms with van der Waals surface area (Å²) < 4.78 is 10.5. The first-order valence-corrected chi connectivity index (χ1v) is 8.43. The van der Waals surface area contributed by atoms with Gasteiger partial charge in [-0.05, 0) is 61.1 Å². The van der Waals surface area contributed by atoms with Crippen LogP contribution in [0.5, 0.6) is 11.5 Å². The number of methoxy groups -OCH3 is 1. The summed E-state index contributed by atoms with van der Waals surface area (Å²) in [5.74, 6) is 0.515. The van der Waals surface area contributed by atoms with Crippen molar-refractivity contribution in [3.05, 3.63) is 57.6 Å². The fourth-order valence-corrected chi connectivity index (χ4v) is 3.03. The zero-order chi connectivity index (χ0) is 18.5. The quantitative estimate of drug-likeness (QED) is 0.632. The minimum Gasteiger partial charge on any atom is -0.496 e. The van der Waals surface area contributed by atoms with Gasteiger partial charge in [0.2, 0.25) is 0 Å². The number of fused-ring (bicyclic) bond motifs is 1. The molecule has 0 aromatic heterocycles. The molecule has 2 aromatic rings. The van der Waals surface area contributed by atoms with Crippen molar-refractivity contribution in [2.24, 2.45) is 0 Å². The molecule has 7 nitrogen and oxygen atoms in total. The first-order valence-electron chi connectivity index (χ1n) is 8.43. The first kappa shape index (κ1) is 17.7.